The molecule has 0 bridgehead atoms. The molecule has 0 amide bonds. The normalized spacial score (nSPS) is 12.8. The molecule has 2 rings (SSSR count). The monoisotopic (exact) mass is 235 g/mol. The zero-order valence-corrected chi connectivity index (χ0v) is 9.85. The third kappa shape index (κ3) is 3.18. The Kier molecular flexibility index (Phi) is 3.95. The summed E-state index contributed by atoms with van der Waals surface area (Å²) in [6, 6.07) is 8.24. The third-order valence-electron chi connectivity index (χ3n) is 2.47. The van der Waals surface area contributed by atoms with E-state index in [2.05, 4.69) is 10.3 Å². The Bertz CT molecular complexity index is 436. The molecule has 0 saturated carbocycles. The second kappa shape index (κ2) is 5.65. The molecular weight excluding hydrogens is 218 g/mol. The van der Waals surface area contributed by atoms with Crippen LogP contribution in [0.3, 0.4) is 0 Å². The topological polar surface area (TPSA) is 73.3 Å². The molecular formula is C12H17N3O2. The first-order valence-electron chi connectivity index (χ1n) is 5.63. The molecule has 2 aromatic rings. The number of fused-ring (bicyclic) bond motifs is 1. The molecule has 0 aliphatic heterocycles. The summed E-state index contributed by atoms with van der Waals surface area (Å²) in [5, 5.41) is 3.11. The Morgan fingerprint density at radius 3 is 3.06 bits per heavy atom. The average molecular weight is 235 g/mol. The molecule has 1 heterocycles. The SMILES string of the molecule is COCC(N)CCNc1nc2ccccc2o1. The van der Waals surface area contributed by atoms with E-state index in [1.165, 1.54) is 0 Å². The number of rotatable bonds is 6. The highest BCUT2D eigenvalue weighted by Crippen LogP contribution is 2.17. The van der Waals surface area contributed by atoms with Crippen molar-refractivity contribution in [1.82, 2.24) is 4.98 Å². The van der Waals surface area contributed by atoms with Crippen molar-refractivity contribution < 1.29 is 9.15 Å². The summed E-state index contributed by atoms with van der Waals surface area (Å²) in [5.41, 5.74) is 7.45. The predicted molar refractivity (Wildman–Crippen MR) is 67.0 cm³/mol. The molecule has 92 valence electrons. The predicted octanol–water partition coefficient (Wildman–Crippen LogP) is 1.60. The first-order valence-corrected chi connectivity index (χ1v) is 5.63. The number of benzene rings is 1. The van der Waals surface area contributed by atoms with E-state index < -0.39 is 0 Å². The van der Waals surface area contributed by atoms with E-state index in [4.69, 9.17) is 14.9 Å². The van der Waals surface area contributed by atoms with E-state index in [-0.39, 0.29) is 6.04 Å². The first kappa shape index (κ1) is 11.9. The largest absolute Gasteiger partial charge is 0.424 e. The van der Waals surface area contributed by atoms with E-state index in [1.54, 1.807) is 7.11 Å². The second-order valence-corrected chi connectivity index (χ2v) is 3.92. The van der Waals surface area contributed by atoms with Crippen LogP contribution < -0.4 is 11.1 Å². The van der Waals surface area contributed by atoms with Crippen molar-refractivity contribution in [2.45, 2.75) is 12.5 Å². The second-order valence-electron chi connectivity index (χ2n) is 3.92. The lowest BCUT2D eigenvalue weighted by Gasteiger charge is -2.09. The highest BCUT2D eigenvalue weighted by Gasteiger charge is 2.05. The van der Waals surface area contributed by atoms with Crippen molar-refractivity contribution in [2.24, 2.45) is 5.73 Å². The fourth-order valence-electron chi connectivity index (χ4n) is 1.61. The minimum atomic E-state index is 0.0388. The fraction of sp³-hybridized carbons (Fsp3) is 0.417. The van der Waals surface area contributed by atoms with Gasteiger partial charge in [-0.1, -0.05) is 12.1 Å². The van der Waals surface area contributed by atoms with Crippen LogP contribution in [0.15, 0.2) is 28.7 Å². The summed E-state index contributed by atoms with van der Waals surface area (Å²) in [6.07, 6.45) is 0.812. The number of para-hydroxylation sites is 2. The van der Waals surface area contributed by atoms with Gasteiger partial charge in [-0.3, -0.25) is 0 Å². The number of methoxy groups -OCH3 is 1. The molecule has 3 N–H and O–H groups in total. The highest BCUT2D eigenvalue weighted by atomic mass is 16.5. The Morgan fingerprint density at radius 2 is 2.29 bits per heavy atom. The van der Waals surface area contributed by atoms with E-state index in [1.807, 2.05) is 24.3 Å². The number of hydrogen-bond donors (Lipinski definition) is 2. The molecule has 1 unspecified atom stereocenters. The summed E-state index contributed by atoms with van der Waals surface area (Å²) in [7, 11) is 1.65. The van der Waals surface area contributed by atoms with Crippen LogP contribution in [0.5, 0.6) is 0 Å². The molecule has 5 nitrogen and oxygen atoms in total. The lowest BCUT2D eigenvalue weighted by atomic mass is 10.2. The number of oxazole rings is 1. The molecule has 0 aliphatic rings. The Balaban J connectivity index is 1.86. The molecule has 0 spiro atoms. The summed E-state index contributed by atoms with van der Waals surface area (Å²) in [6.45, 7) is 1.28. The smallest absolute Gasteiger partial charge is 0.295 e. The average Bonchev–Trinajstić information content (AvgIpc) is 2.71. The third-order valence-corrected chi connectivity index (χ3v) is 2.47. The standard InChI is InChI=1S/C12H17N3O2/c1-16-8-9(13)6-7-14-12-15-10-4-2-3-5-11(10)17-12/h2-5,9H,6-8,13H2,1H3,(H,14,15). The Morgan fingerprint density at radius 1 is 1.47 bits per heavy atom. The minimum absolute atomic E-state index is 0.0388. The maximum absolute atomic E-state index is 5.81. The lowest BCUT2D eigenvalue weighted by molar-refractivity contribution is 0.178. The van der Waals surface area contributed by atoms with Gasteiger partial charge in [0.15, 0.2) is 5.58 Å². The van der Waals surface area contributed by atoms with Crippen LogP contribution in [0.25, 0.3) is 11.1 Å². The molecule has 17 heavy (non-hydrogen) atoms. The van der Waals surface area contributed by atoms with Crippen molar-refractivity contribution in [2.75, 3.05) is 25.6 Å². The molecule has 0 aliphatic carbocycles. The van der Waals surface area contributed by atoms with Gasteiger partial charge in [-0.2, -0.15) is 4.98 Å². The van der Waals surface area contributed by atoms with Gasteiger partial charge in [-0.05, 0) is 18.6 Å². The van der Waals surface area contributed by atoms with Crippen LogP contribution in [0.1, 0.15) is 6.42 Å². The summed E-state index contributed by atoms with van der Waals surface area (Å²) < 4.78 is 10.5. The number of nitrogens with one attached hydrogen (secondary N) is 1. The fourth-order valence-corrected chi connectivity index (χ4v) is 1.61. The number of nitrogens with zero attached hydrogens (tertiary/aromatic N) is 1. The number of aromatic nitrogens is 1. The molecule has 1 aromatic heterocycles. The molecule has 1 atom stereocenters. The number of hydrogen-bond acceptors (Lipinski definition) is 5. The van der Waals surface area contributed by atoms with Gasteiger partial charge in [0.2, 0.25) is 0 Å². The molecule has 0 fully saturated rings. The quantitative estimate of drug-likeness (QED) is 0.795. The molecule has 0 saturated heterocycles. The Labute approximate surface area is 100.0 Å². The number of ether oxygens (including phenoxy) is 1. The van der Waals surface area contributed by atoms with Gasteiger partial charge in [-0.15, -0.1) is 0 Å². The molecule has 0 radical (unpaired) electrons. The van der Waals surface area contributed by atoms with Gasteiger partial charge in [0.25, 0.3) is 6.01 Å². The van der Waals surface area contributed by atoms with Crippen LogP contribution >= 0.6 is 0 Å². The van der Waals surface area contributed by atoms with Crippen molar-refractivity contribution in [3.05, 3.63) is 24.3 Å². The summed E-state index contributed by atoms with van der Waals surface area (Å²) in [4.78, 5) is 4.31. The van der Waals surface area contributed by atoms with Gasteiger partial charge >= 0.3 is 0 Å². The molecule has 5 heteroatoms. The van der Waals surface area contributed by atoms with Crippen LogP contribution in [0.2, 0.25) is 0 Å². The van der Waals surface area contributed by atoms with E-state index in [9.17, 15) is 0 Å². The van der Waals surface area contributed by atoms with Gasteiger partial charge in [0.1, 0.15) is 5.52 Å². The van der Waals surface area contributed by atoms with E-state index in [0.717, 1.165) is 24.1 Å². The van der Waals surface area contributed by atoms with Crippen LogP contribution in [0.4, 0.5) is 6.01 Å². The van der Waals surface area contributed by atoms with Crippen molar-refractivity contribution in [1.29, 1.82) is 0 Å². The highest BCUT2D eigenvalue weighted by molar-refractivity contribution is 5.74. The van der Waals surface area contributed by atoms with Gasteiger partial charge < -0.3 is 20.2 Å². The maximum Gasteiger partial charge on any atom is 0.295 e. The van der Waals surface area contributed by atoms with Crippen LogP contribution in [-0.2, 0) is 4.74 Å². The molecule has 1 aromatic carbocycles. The van der Waals surface area contributed by atoms with Crippen molar-refractivity contribution in [3.63, 3.8) is 0 Å². The van der Waals surface area contributed by atoms with Crippen LogP contribution in [0, 0.1) is 0 Å². The zero-order chi connectivity index (χ0) is 12.1. The number of anilines is 1. The van der Waals surface area contributed by atoms with Crippen molar-refractivity contribution >= 4 is 17.1 Å². The number of nitrogens with two attached hydrogens (primary N) is 1. The van der Waals surface area contributed by atoms with Gasteiger partial charge in [0.05, 0.1) is 6.61 Å². The van der Waals surface area contributed by atoms with Gasteiger partial charge in [-0.25, -0.2) is 0 Å². The van der Waals surface area contributed by atoms with Crippen LogP contribution in [-0.4, -0.2) is 31.3 Å². The zero-order valence-electron chi connectivity index (χ0n) is 9.85. The summed E-state index contributed by atoms with van der Waals surface area (Å²) >= 11 is 0. The minimum Gasteiger partial charge on any atom is -0.424 e. The Hall–Kier alpha value is -1.59. The summed E-state index contributed by atoms with van der Waals surface area (Å²) in [5.74, 6) is 0. The van der Waals surface area contributed by atoms with Gasteiger partial charge in [0, 0.05) is 19.7 Å². The van der Waals surface area contributed by atoms with Crippen molar-refractivity contribution in [3.8, 4) is 0 Å². The van der Waals surface area contributed by atoms with E-state index >= 15 is 0 Å². The maximum atomic E-state index is 5.81. The first-order chi connectivity index (χ1) is 8.29. The van der Waals surface area contributed by atoms with E-state index in [0.29, 0.717) is 12.6 Å². The lowest BCUT2D eigenvalue weighted by Crippen LogP contribution is -2.28.